The third-order valence-corrected chi connectivity index (χ3v) is 4.20. The topological polar surface area (TPSA) is 60.7 Å². The largest absolute Gasteiger partial charge is 0.460 e. The molecular formula is C14H17N2O3+. The van der Waals surface area contributed by atoms with Crippen molar-refractivity contribution in [1.29, 1.82) is 0 Å². The zero-order chi connectivity index (χ0) is 13.7. The summed E-state index contributed by atoms with van der Waals surface area (Å²) in [5.74, 6) is 1.34. The Morgan fingerprint density at radius 3 is 2.84 bits per heavy atom. The molecule has 100 valence electrons. The van der Waals surface area contributed by atoms with Gasteiger partial charge in [0.1, 0.15) is 17.4 Å². The normalized spacial score (nSPS) is 26.4. The van der Waals surface area contributed by atoms with Crippen LogP contribution in [0.2, 0.25) is 0 Å². The maximum absolute atomic E-state index is 10.9. The number of nitrogens with zero attached hydrogens (tertiary/aromatic N) is 1. The van der Waals surface area contributed by atoms with Crippen molar-refractivity contribution in [3.63, 3.8) is 0 Å². The Hall–Kier alpha value is -1.88. The van der Waals surface area contributed by atoms with Crippen LogP contribution < -0.4 is 4.90 Å². The van der Waals surface area contributed by atoms with Gasteiger partial charge in [0, 0.05) is 17.5 Å². The standard InChI is InChI=1S/C14H16N2O3/c1-8-7-15(3)9(2)13-11-6-10(16(17)18)4-5-12(11)19-14(8)13/h4-6,8-9H,7H2,1-3H3/p+1. The number of hydrogen-bond acceptors (Lipinski definition) is 3. The fourth-order valence-electron chi connectivity index (χ4n) is 3.05. The molecule has 1 aromatic heterocycles. The van der Waals surface area contributed by atoms with E-state index in [1.165, 1.54) is 11.0 Å². The lowest BCUT2D eigenvalue weighted by Gasteiger charge is -2.29. The summed E-state index contributed by atoms with van der Waals surface area (Å²) in [6, 6.07) is 5.15. The summed E-state index contributed by atoms with van der Waals surface area (Å²) in [5, 5.41) is 11.8. The highest BCUT2D eigenvalue weighted by Crippen LogP contribution is 2.37. The molecule has 0 bridgehead atoms. The Balaban J connectivity index is 2.28. The van der Waals surface area contributed by atoms with Gasteiger partial charge in [-0.05, 0) is 19.9 Å². The van der Waals surface area contributed by atoms with E-state index in [1.54, 1.807) is 12.1 Å². The summed E-state index contributed by atoms with van der Waals surface area (Å²) < 4.78 is 5.92. The number of non-ortho nitro benzene ring substituents is 1. The molecule has 1 aromatic carbocycles. The van der Waals surface area contributed by atoms with Gasteiger partial charge in [-0.15, -0.1) is 0 Å². The second-order valence-corrected chi connectivity index (χ2v) is 5.49. The Morgan fingerprint density at radius 1 is 1.42 bits per heavy atom. The minimum absolute atomic E-state index is 0.124. The average Bonchev–Trinajstić information content (AvgIpc) is 2.75. The van der Waals surface area contributed by atoms with Crippen LogP contribution in [0.4, 0.5) is 5.69 Å². The summed E-state index contributed by atoms with van der Waals surface area (Å²) in [4.78, 5) is 12.0. The lowest BCUT2D eigenvalue weighted by atomic mass is 9.92. The first-order valence-electron chi connectivity index (χ1n) is 6.52. The minimum atomic E-state index is -0.355. The van der Waals surface area contributed by atoms with Crippen LogP contribution in [0.3, 0.4) is 0 Å². The van der Waals surface area contributed by atoms with E-state index in [1.807, 2.05) is 0 Å². The average molecular weight is 261 g/mol. The summed E-state index contributed by atoms with van der Waals surface area (Å²) in [5.41, 5.74) is 2.01. The quantitative estimate of drug-likeness (QED) is 0.631. The van der Waals surface area contributed by atoms with Crippen molar-refractivity contribution in [2.45, 2.75) is 25.8 Å². The molecular weight excluding hydrogens is 244 g/mol. The molecule has 1 aliphatic heterocycles. The van der Waals surface area contributed by atoms with Gasteiger partial charge in [0.05, 0.1) is 30.0 Å². The van der Waals surface area contributed by atoms with Crippen molar-refractivity contribution in [3.8, 4) is 0 Å². The first kappa shape index (κ1) is 12.2. The minimum Gasteiger partial charge on any atom is -0.460 e. The van der Waals surface area contributed by atoms with E-state index >= 15 is 0 Å². The molecule has 5 nitrogen and oxygen atoms in total. The number of benzene rings is 1. The number of hydrogen-bond donors (Lipinski definition) is 1. The Morgan fingerprint density at radius 2 is 2.16 bits per heavy atom. The molecule has 1 N–H and O–H groups in total. The van der Waals surface area contributed by atoms with Crippen molar-refractivity contribution in [2.75, 3.05) is 13.6 Å². The van der Waals surface area contributed by atoms with Crippen molar-refractivity contribution >= 4 is 16.7 Å². The van der Waals surface area contributed by atoms with Crippen LogP contribution in [-0.2, 0) is 0 Å². The second-order valence-electron chi connectivity index (χ2n) is 5.49. The van der Waals surface area contributed by atoms with Crippen molar-refractivity contribution in [1.82, 2.24) is 0 Å². The summed E-state index contributed by atoms with van der Waals surface area (Å²) in [7, 11) is 2.15. The van der Waals surface area contributed by atoms with Crippen molar-refractivity contribution < 1.29 is 14.2 Å². The maximum atomic E-state index is 10.9. The van der Waals surface area contributed by atoms with Crippen LogP contribution in [-0.4, -0.2) is 18.5 Å². The van der Waals surface area contributed by atoms with Gasteiger partial charge in [0.15, 0.2) is 0 Å². The lowest BCUT2D eigenvalue weighted by molar-refractivity contribution is -0.914. The molecule has 3 atom stereocenters. The van der Waals surface area contributed by atoms with Gasteiger partial charge in [-0.2, -0.15) is 0 Å². The maximum Gasteiger partial charge on any atom is 0.270 e. The Bertz CT molecular complexity index is 662. The molecule has 19 heavy (non-hydrogen) atoms. The predicted molar refractivity (Wildman–Crippen MR) is 71.5 cm³/mol. The van der Waals surface area contributed by atoms with Gasteiger partial charge in [-0.1, -0.05) is 0 Å². The van der Waals surface area contributed by atoms with Gasteiger partial charge >= 0.3 is 0 Å². The van der Waals surface area contributed by atoms with Gasteiger partial charge in [0.25, 0.3) is 5.69 Å². The van der Waals surface area contributed by atoms with Gasteiger partial charge < -0.3 is 9.32 Å². The van der Waals surface area contributed by atoms with Crippen LogP contribution in [0.25, 0.3) is 11.0 Å². The molecule has 0 radical (unpaired) electrons. The van der Waals surface area contributed by atoms with E-state index in [4.69, 9.17) is 4.42 Å². The lowest BCUT2D eigenvalue weighted by Crippen LogP contribution is -3.10. The fourth-order valence-corrected chi connectivity index (χ4v) is 3.05. The molecule has 5 heteroatoms. The Kier molecular flexibility index (Phi) is 2.60. The Labute approximate surface area is 111 Å². The molecule has 2 aromatic rings. The van der Waals surface area contributed by atoms with Crippen LogP contribution in [0, 0.1) is 10.1 Å². The van der Waals surface area contributed by atoms with Crippen LogP contribution in [0.1, 0.15) is 37.1 Å². The van der Waals surface area contributed by atoms with Crippen LogP contribution >= 0.6 is 0 Å². The number of rotatable bonds is 1. The van der Waals surface area contributed by atoms with Gasteiger partial charge in [-0.25, -0.2) is 0 Å². The van der Waals surface area contributed by atoms with E-state index < -0.39 is 0 Å². The number of quaternary nitrogens is 1. The number of likely N-dealkylation sites (N-methyl/N-ethyl adjacent to an activating group) is 1. The van der Waals surface area contributed by atoms with Crippen LogP contribution in [0.5, 0.6) is 0 Å². The molecule has 3 unspecified atom stereocenters. The third-order valence-electron chi connectivity index (χ3n) is 4.20. The highest BCUT2D eigenvalue weighted by Gasteiger charge is 2.35. The van der Waals surface area contributed by atoms with E-state index in [9.17, 15) is 10.1 Å². The van der Waals surface area contributed by atoms with Gasteiger partial charge in [0.2, 0.25) is 0 Å². The number of furan rings is 1. The molecule has 3 rings (SSSR count). The highest BCUT2D eigenvalue weighted by molar-refractivity contribution is 5.85. The number of nitrogens with one attached hydrogen (secondary N) is 1. The van der Waals surface area contributed by atoms with Gasteiger partial charge in [-0.3, -0.25) is 10.1 Å². The zero-order valence-electron chi connectivity index (χ0n) is 11.3. The SMILES string of the molecule is CC1C[NH+](C)C(C)c2c1oc1ccc([N+](=O)[O-])cc21. The van der Waals surface area contributed by atoms with E-state index in [0.717, 1.165) is 28.8 Å². The molecule has 0 amide bonds. The second kappa shape index (κ2) is 4.06. The fraction of sp³-hybridized carbons (Fsp3) is 0.429. The van der Waals surface area contributed by atoms with E-state index in [0.29, 0.717) is 12.0 Å². The molecule has 0 saturated carbocycles. The van der Waals surface area contributed by atoms with Crippen molar-refractivity contribution in [2.24, 2.45) is 0 Å². The predicted octanol–water partition coefficient (Wildman–Crippen LogP) is 2.03. The molecule has 0 saturated heterocycles. The summed E-state index contributed by atoms with van der Waals surface area (Å²) in [6.45, 7) is 5.31. The summed E-state index contributed by atoms with van der Waals surface area (Å²) in [6.07, 6.45) is 0. The first-order valence-corrected chi connectivity index (χ1v) is 6.52. The van der Waals surface area contributed by atoms with E-state index in [2.05, 4.69) is 20.9 Å². The number of fused-ring (bicyclic) bond motifs is 3. The van der Waals surface area contributed by atoms with E-state index in [-0.39, 0.29) is 10.6 Å². The smallest absolute Gasteiger partial charge is 0.270 e. The molecule has 0 fully saturated rings. The zero-order valence-corrected chi connectivity index (χ0v) is 11.3. The molecule has 2 heterocycles. The number of nitro benzene ring substituents is 1. The van der Waals surface area contributed by atoms with Crippen molar-refractivity contribution in [3.05, 3.63) is 39.6 Å². The number of nitro groups is 1. The monoisotopic (exact) mass is 261 g/mol. The molecule has 1 aliphatic rings. The molecule has 0 spiro atoms. The first-order chi connectivity index (χ1) is 8.99. The molecule has 0 aliphatic carbocycles. The van der Waals surface area contributed by atoms with Crippen LogP contribution in [0.15, 0.2) is 22.6 Å². The third kappa shape index (κ3) is 1.73. The summed E-state index contributed by atoms with van der Waals surface area (Å²) >= 11 is 0. The highest BCUT2D eigenvalue weighted by atomic mass is 16.6.